The lowest BCUT2D eigenvalue weighted by molar-refractivity contribution is -0.143. The van der Waals surface area contributed by atoms with E-state index < -0.39 is 0 Å². The van der Waals surface area contributed by atoms with Crippen LogP contribution in [0.1, 0.15) is 33.6 Å². The zero-order valence-electron chi connectivity index (χ0n) is 13.4. The molecule has 1 atom stereocenters. The maximum atomic E-state index is 12.6. The number of nitrogens with one attached hydrogen (secondary N) is 1. The van der Waals surface area contributed by atoms with Gasteiger partial charge in [-0.05, 0) is 12.8 Å². The first-order chi connectivity index (χ1) is 9.88. The Balaban J connectivity index is 1.92. The number of carbonyl (C=O) groups excluding carboxylic acids is 2. The largest absolute Gasteiger partial charge is 0.338 e. The minimum Gasteiger partial charge on any atom is -0.338 e. The van der Waals surface area contributed by atoms with E-state index >= 15 is 0 Å². The third-order valence-electron chi connectivity index (χ3n) is 3.92. The topological polar surface area (TPSA) is 52.7 Å². The maximum Gasteiger partial charge on any atom is 0.245 e. The predicted molar refractivity (Wildman–Crippen MR) is 86.4 cm³/mol. The van der Waals surface area contributed by atoms with Crippen molar-refractivity contribution in [2.24, 2.45) is 0 Å². The Morgan fingerprint density at radius 1 is 1.19 bits per heavy atom. The van der Waals surface area contributed by atoms with Gasteiger partial charge in [-0.15, -0.1) is 11.8 Å². The van der Waals surface area contributed by atoms with Gasteiger partial charge in [0.1, 0.15) is 6.04 Å². The number of piperazine rings is 1. The van der Waals surface area contributed by atoms with E-state index in [1.54, 1.807) is 11.8 Å². The van der Waals surface area contributed by atoms with Crippen molar-refractivity contribution in [3.8, 4) is 0 Å². The summed E-state index contributed by atoms with van der Waals surface area (Å²) < 4.78 is 0.0768. The van der Waals surface area contributed by atoms with Gasteiger partial charge in [0, 0.05) is 37.5 Å². The third kappa shape index (κ3) is 4.61. The van der Waals surface area contributed by atoms with E-state index in [4.69, 9.17) is 0 Å². The van der Waals surface area contributed by atoms with Crippen LogP contribution in [0.4, 0.5) is 0 Å². The molecule has 0 aliphatic carbocycles. The van der Waals surface area contributed by atoms with Crippen molar-refractivity contribution in [1.29, 1.82) is 0 Å². The number of hydrogen-bond donors (Lipinski definition) is 1. The van der Waals surface area contributed by atoms with E-state index in [1.807, 2.05) is 9.80 Å². The molecule has 1 N–H and O–H groups in total. The van der Waals surface area contributed by atoms with Crippen LogP contribution in [0.25, 0.3) is 0 Å². The Morgan fingerprint density at radius 2 is 1.86 bits per heavy atom. The third-order valence-corrected chi connectivity index (χ3v) is 5.17. The van der Waals surface area contributed by atoms with Crippen LogP contribution in [0.2, 0.25) is 0 Å². The van der Waals surface area contributed by atoms with Gasteiger partial charge in [-0.25, -0.2) is 0 Å². The molecule has 21 heavy (non-hydrogen) atoms. The van der Waals surface area contributed by atoms with Gasteiger partial charge >= 0.3 is 0 Å². The van der Waals surface area contributed by atoms with Crippen molar-refractivity contribution in [3.05, 3.63) is 0 Å². The van der Waals surface area contributed by atoms with Gasteiger partial charge in [0.15, 0.2) is 0 Å². The lowest BCUT2D eigenvalue weighted by atomic mass is 10.1. The first-order valence-electron chi connectivity index (χ1n) is 7.81. The molecule has 2 aliphatic heterocycles. The molecule has 0 bridgehead atoms. The maximum absolute atomic E-state index is 12.6. The number of rotatable bonds is 3. The minimum atomic E-state index is -0.226. The predicted octanol–water partition coefficient (Wildman–Crippen LogP) is 0.941. The van der Waals surface area contributed by atoms with Crippen molar-refractivity contribution < 1.29 is 9.59 Å². The van der Waals surface area contributed by atoms with E-state index in [0.717, 1.165) is 45.6 Å². The second kappa shape index (κ2) is 7.01. The Labute approximate surface area is 131 Å². The molecule has 2 fully saturated rings. The van der Waals surface area contributed by atoms with Crippen molar-refractivity contribution in [1.82, 2.24) is 15.1 Å². The fraction of sp³-hybridized carbons (Fsp3) is 0.867. The number of nitrogens with zero attached hydrogens (tertiary/aromatic N) is 2. The Hall–Kier alpha value is -0.750. The highest BCUT2D eigenvalue weighted by molar-refractivity contribution is 8.01. The Kier molecular flexibility index (Phi) is 5.54. The van der Waals surface area contributed by atoms with E-state index in [0.29, 0.717) is 5.75 Å². The fourth-order valence-electron chi connectivity index (χ4n) is 2.78. The van der Waals surface area contributed by atoms with E-state index in [1.165, 1.54) is 0 Å². The molecule has 2 heterocycles. The first kappa shape index (κ1) is 16.6. The van der Waals surface area contributed by atoms with Crippen LogP contribution in [-0.2, 0) is 9.59 Å². The van der Waals surface area contributed by atoms with Gasteiger partial charge in [-0.2, -0.15) is 0 Å². The van der Waals surface area contributed by atoms with Crippen LogP contribution in [0.15, 0.2) is 0 Å². The van der Waals surface area contributed by atoms with E-state index in [-0.39, 0.29) is 22.6 Å². The van der Waals surface area contributed by atoms with Crippen molar-refractivity contribution in [3.63, 3.8) is 0 Å². The number of hydrogen-bond acceptors (Lipinski definition) is 4. The summed E-state index contributed by atoms with van der Waals surface area (Å²) >= 11 is 1.65. The van der Waals surface area contributed by atoms with E-state index in [9.17, 15) is 9.59 Å². The highest BCUT2D eigenvalue weighted by atomic mass is 32.2. The fourth-order valence-corrected chi connectivity index (χ4v) is 3.50. The molecule has 2 saturated heterocycles. The van der Waals surface area contributed by atoms with Gasteiger partial charge in [0.05, 0.1) is 5.75 Å². The van der Waals surface area contributed by atoms with Crippen molar-refractivity contribution in [2.45, 2.75) is 44.4 Å². The zero-order valence-corrected chi connectivity index (χ0v) is 14.2. The summed E-state index contributed by atoms with van der Waals surface area (Å²) in [5, 5.41) is 3.25. The smallest absolute Gasteiger partial charge is 0.245 e. The summed E-state index contributed by atoms with van der Waals surface area (Å²) in [4.78, 5) is 28.7. The van der Waals surface area contributed by atoms with Crippen LogP contribution in [0.3, 0.4) is 0 Å². The molecule has 0 spiro atoms. The second-order valence-corrected chi connectivity index (χ2v) is 8.52. The number of amides is 2. The average molecular weight is 313 g/mol. The number of carbonyl (C=O) groups is 2. The van der Waals surface area contributed by atoms with Gasteiger partial charge in [-0.1, -0.05) is 20.8 Å². The number of likely N-dealkylation sites (tertiary alicyclic amines) is 1. The van der Waals surface area contributed by atoms with Crippen LogP contribution in [-0.4, -0.2) is 70.9 Å². The van der Waals surface area contributed by atoms with E-state index in [2.05, 4.69) is 26.1 Å². The average Bonchev–Trinajstić information content (AvgIpc) is 2.93. The highest BCUT2D eigenvalue weighted by Crippen LogP contribution is 2.26. The summed E-state index contributed by atoms with van der Waals surface area (Å²) in [5.74, 6) is 0.721. The van der Waals surface area contributed by atoms with Gasteiger partial charge in [0.2, 0.25) is 11.8 Å². The highest BCUT2D eigenvalue weighted by Gasteiger charge is 2.36. The van der Waals surface area contributed by atoms with Crippen molar-refractivity contribution in [2.75, 3.05) is 38.5 Å². The summed E-state index contributed by atoms with van der Waals surface area (Å²) in [6.45, 7) is 10.3. The quantitative estimate of drug-likeness (QED) is 0.842. The lowest BCUT2D eigenvalue weighted by Crippen LogP contribution is -2.53. The van der Waals surface area contributed by atoms with Crippen LogP contribution < -0.4 is 5.32 Å². The molecule has 120 valence electrons. The van der Waals surface area contributed by atoms with Gasteiger partial charge in [-0.3, -0.25) is 9.59 Å². The molecule has 1 unspecified atom stereocenters. The molecule has 2 aliphatic rings. The molecule has 0 aromatic carbocycles. The van der Waals surface area contributed by atoms with Gasteiger partial charge < -0.3 is 15.1 Å². The molecule has 6 heteroatoms. The Bertz CT molecular complexity index is 389. The molecule has 5 nitrogen and oxygen atoms in total. The molecule has 0 aromatic heterocycles. The van der Waals surface area contributed by atoms with Crippen LogP contribution >= 0.6 is 11.8 Å². The van der Waals surface area contributed by atoms with Gasteiger partial charge in [0.25, 0.3) is 0 Å². The first-order valence-corrected chi connectivity index (χ1v) is 8.80. The standard InChI is InChI=1S/C15H27N3O2S/c1-15(2,3)21-11-13(19)18-8-4-5-12(18)14(20)17-9-6-16-7-10-17/h12,16H,4-11H2,1-3H3. The SMILES string of the molecule is CC(C)(C)SCC(=O)N1CCCC1C(=O)N1CCNCC1. The molecule has 0 radical (unpaired) electrons. The molecule has 2 rings (SSSR count). The van der Waals surface area contributed by atoms with Crippen molar-refractivity contribution >= 4 is 23.6 Å². The summed E-state index contributed by atoms with van der Waals surface area (Å²) in [7, 11) is 0. The zero-order chi connectivity index (χ0) is 15.5. The number of thioether (sulfide) groups is 1. The Morgan fingerprint density at radius 3 is 2.48 bits per heavy atom. The second-order valence-electron chi connectivity index (χ2n) is 6.72. The molecule has 0 saturated carbocycles. The van der Waals surface area contributed by atoms with Crippen LogP contribution in [0, 0.1) is 0 Å². The van der Waals surface area contributed by atoms with Crippen LogP contribution in [0.5, 0.6) is 0 Å². The minimum absolute atomic E-state index is 0.0768. The summed E-state index contributed by atoms with van der Waals surface area (Å²) in [6.07, 6.45) is 1.75. The molecule has 2 amide bonds. The molecular weight excluding hydrogens is 286 g/mol. The molecular formula is C15H27N3O2S. The monoisotopic (exact) mass is 313 g/mol. The molecule has 0 aromatic rings. The lowest BCUT2D eigenvalue weighted by Gasteiger charge is -2.33. The summed E-state index contributed by atoms with van der Waals surface area (Å²) in [6, 6.07) is -0.226. The normalized spacial score (nSPS) is 23.5. The summed E-state index contributed by atoms with van der Waals surface area (Å²) in [5.41, 5.74) is 0.